The molecule has 0 aromatic heterocycles. The fourth-order valence-electron chi connectivity index (χ4n) is 8.02. The van der Waals surface area contributed by atoms with Gasteiger partial charge in [-0.25, -0.2) is 0 Å². The molecule has 2 nitrogen and oxygen atoms in total. The molecule has 0 saturated heterocycles. The maximum absolute atomic E-state index is 2.34. The van der Waals surface area contributed by atoms with E-state index in [9.17, 15) is 0 Å². The van der Waals surface area contributed by atoms with Crippen LogP contribution in [-0.4, -0.2) is 0 Å². The van der Waals surface area contributed by atoms with Crippen LogP contribution in [0.4, 0.5) is 34.1 Å². The van der Waals surface area contributed by atoms with E-state index in [4.69, 9.17) is 0 Å². The quantitative estimate of drug-likeness (QED) is 0.127. The molecule has 8 aromatic carbocycles. The van der Waals surface area contributed by atoms with Gasteiger partial charge in [0.1, 0.15) is 0 Å². The van der Waals surface area contributed by atoms with Gasteiger partial charge in [-0.2, -0.15) is 0 Å². The summed E-state index contributed by atoms with van der Waals surface area (Å²) in [5.41, 5.74) is 19.3. The number of nitrogens with zero attached hydrogens (tertiary/aromatic N) is 2. The zero-order chi connectivity index (χ0) is 43.4. The lowest BCUT2D eigenvalue weighted by Gasteiger charge is -2.27. The number of aryl methyl sites for hydroxylation is 2. The maximum atomic E-state index is 2.34. The molecule has 0 amide bonds. The van der Waals surface area contributed by atoms with Crippen molar-refractivity contribution in [1.82, 2.24) is 0 Å². The molecule has 2 heteroatoms. The molecule has 0 saturated carbocycles. The molecule has 8 rings (SSSR count). The average Bonchev–Trinajstić information content (AvgIpc) is 3.27. The third kappa shape index (κ3) is 9.67. The summed E-state index contributed by atoms with van der Waals surface area (Å²) < 4.78 is 0. The maximum Gasteiger partial charge on any atom is 0.0464 e. The Morgan fingerprint density at radius 3 is 0.855 bits per heavy atom. The second kappa shape index (κ2) is 17.6. The van der Waals surface area contributed by atoms with Crippen LogP contribution >= 0.6 is 0 Å². The van der Waals surface area contributed by atoms with Crippen LogP contribution in [0.25, 0.3) is 34.4 Å². The summed E-state index contributed by atoms with van der Waals surface area (Å²) in [6.07, 6.45) is 4.38. The molecule has 0 spiro atoms. The van der Waals surface area contributed by atoms with Crippen molar-refractivity contribution in [2.45, 2.75) is 66.2 Å². The van der Waals surface area contributed by atoms with Crippen molar-refractivity contribution in [3.05, 3.63) is 228 Å². The van der Waals surface area contributed by atoms with Crippen LogP contribution in [0.2, 0.25) is 0 Å². The van der Waals surface area contributed by atoms with Crippen LogP contribution in [-0.2, 0) is 10.8 Å². The van der Waals surface area contributed by atoms with E-state index in [1.165, 1.54) is 55.6 Å². The summed E-state index contributed by atoms with van der Waals surface area (Å²) in [6, 6.07) is 70.9. The first-order chi connectivity index (χ1) is 29.8. The summed E-state index contributed by atoms with van der Waals surface area (Å²) >= 11 is 0. The highest BCUT2D eigenvalue weighted by atomic mass is 15.1. The number of benzene rings is 8. The third-order valence-electron chi connectivity index (χ3n) is 11.7. The van der Waals surface area contributed by atoms with Crippen LogP contribution in [0, 0.1) is 13.8 Å². The van der Waals surface area contributed by atoms with Crippen molar-refractivity contribution in [2.75, 3.05) is 9.80 Å². The molecule has 62 heavy (non-hydrogen) atoms. The van der Waals surface area contributed by atoms with Crippen LogP contribution in [0.1, 0.15) is 74.9 Å². The monoisotopic (exact) mass is 806 g/mol. The summed E-state index contributed by atoms with van der Waals surface area (Å²) in [4.78, 5) is 4.68. The van der Waals surface area contributed by atoms with Crippen LogP contribution in [0.5, 0.6) is 0 Å². The van der Waals surface area contributed by atoms with Gasteiger partial charge in [0, 0.05) is 34.1 Å². The molecule has 0 aliphatic carbocycles. The van der Waals surface area contributed by atoms with Gasteiger partial charge in [0.25, 0.3) is 0 Å². The first kappa shape index (κ1) is 41.8. The number of rotatable bonds is 10. The second-order valence-electron chi connectivity index (χ2n) is 18.6. The Kier molecular flexibility index (Phi) is 11.9. The standard InChI is InChI=1S/C60H58N2/c1-43-11-9-13-57(41-43)61(55-37-29-51(30-38-55)59(3,4)5)53-33-25-49(26-34-53)47-21-17-45(18-22-47)15-16-46-19-23-48(24-20-46)50-27-35-54(36-28-50)62(58-14-10-12-44(2)42-58)56-39-31-52(32-40-56)60(6,7)8/h9-42H,1-8H3/b16-15+. The van der Waals surface area contributed by atoms with E-state index in [1.54, 1.807) is 0 Å². The van der Waals surface area contributed by atoms with E-state index < -0.39 is 0 Å². The predicted molar refractivity (Wildman–Crippen MR) is 269 cm³/mol. The Bertz CT molecular complexity index is 2560. The molecule has 0 fully saturated rings. The van der Waals surface area contributed by atoms with E-state index in [1.807, 2.05) is 0 Å². The lowest BCUT2D eigenvalue weighted by atomic mass is 9.87. The van der Waals surface area contributed by atoms with Crippen molar-refractivity contribution < 1.29 is 0 Å². The molecule has 0 bridgehead atoms. The predicted octanol–water partition coefficient (Wildman–Crippen LogP) is 17.3. The fourth-order valence-corrected chi connectivity index (χ4v) is 8.02. The molecule has 0 atom stereocenters. The van der Waals surface area contributed by atoms with Crippen molar-refractivity contribution in [3.63, 3.8) is 0 Å². The van der Waals surface area contributed by atoms with E-state index in [0.29, 0.717) is 0 Å². The number of hydrogen-bond acceptors (Lipinski definition) is 2. The average molecular weight is 807 g/mol. The molecule has 0 aliphatic rings. The van der Waals surface area contributed by atoms with E-state index in [2.05, 4.69) is 271 Å². The summed E-state index contributed by atoms with van der Waals surface area (Å²) in [5.74, 6) is 0. The molecule has 8 aromatic rings. The van der Waals surface area contributed by atoms with Crippen LogP contribution < -0.4 is 9.80 Å². The van der Waals surface area contributed by atoms with Crippen molar-refractivity contribution in [2.24, 2.45) is 0 Å². The smallest absolute Gasteiger partial charge is 0.0464 e. The Morgan fingerprint density at radius 2 is 0.581 bits per heavy atom. The minimum absolute atomic E-state index is 0.105. The van der Waals surface area contributed by atoms with Crippen LogP contribution in [0.3, 0.4) is 0 Å². The van der Waals surface area contributed by atoms with Gasteiger partial charge in [-0.3, -0.25) is 0 Å². The fraction of sp³-hybridized carbons (Fsp3) is 0.167. The van der Waals surface area contributed by atoms with E-state index in [0.717, 1.165) is 34.1 Å². The van der Waals surface area contributed by atoms with Crippen molar-refractivity contribution in [3.8, 4) is 22.3 Å². The summed E-state index contributed by atoms with van der Waals surface area (Å²) in [6.45, 7) is 17.9. The first-order valence-corrected chi connectivity index (χ1v) is 21.8. The van der Waals surface area contributed by atoms with Gasteiger partial charge in [0.05, 0.1) is 0 Å². The summed E-state index contributed by atoms with van der Waals surface area (Å²) in [7, 11) is 0. The highest BCUT2D eigenvalue weighted by Gasteiger charge is 2.19. The normalized spacial score (nSPS) is 11.8. The lowest BCUT2D eigenvalue weighted by Crippen LogP contribution is -2.13. The second-order valence-corrected chi connectivity index (χ2v) is 18.6. The minimum Gasteiger partial charge on any atom is -0.310 e. The Labute approximate surface area is 370 Å². The molecular formula is C60H58N2. The zero-order valence-electron chi connectivity index (χ0n) is 37.5. The molecule has 0 radical (unpaired) electrons. The molecule has 0 unspecified atom stereocenters. The highest BCUT2D eigenvalue weighted by Crippen LogP contribution is 2.39. The van der Waals surface area contributed by atoms with E-state index in [-0.39, 0.29) is 10.8 Å². The SMILES string of the molecule is Cc1cccc(N(c2ccc(-c3ccc(/C=C/c4ccc(-c5ccc(N(c6ccc(C(C)(C)C)cc6)c6cccc(C)c6)cc5)cc4)cc3)cc2)c2ccc(C(C)(C)C)cc2)c1. The van der Waals surface area contributed by atoms with Gasteiger partial charge in [0.2, 0.25) is 0 Å². The lowest BCUT2D eigenvalue weighted by molar-refractivity contribution is 0.590. The van der Waals surface area contributed by atoms with Gasteiger partial charge >= 0.3 is 0 Å². The Hall–Kier alpha value is -6.90. The molecule has 308 valence electrons. The van der Waals surface area contributed by atoms with Gasteiger partial charge < -0.3 is 9.80 Å². The minimum atomic E-state index is 0.105. The topological polar surface area (TPSA) is 6.48 Å². The van der Waals surface area contributed by atoms with Gasteiger partial charge in [-0.1, -0.05) is 175 Å². The molecule has 0 aliphatic heterocycles. The first-order valence-electron chi connectivity index (χ1n) is 21.8. The van der Waals surface area contributed by atoms with E-state index >= 15 is 0 Å². The van der Waals surface area contributed by atoms with Crippen molar-refractivity contribution >= 4 is 46.3 Å². The Morgan fingerprint density at radius 1 is 0.306 bits per heavy atom. The largest absolute Gasteiger partial charge is 0.310 e. The Balaban J connectivity index is 0.949. The van der Waals surface area contributed by atoms with Gasteiger partial charge in [-0.05, 0) is 153 Å². The zero-order valence-corrected chi connectivity index (χ0v) is 37.5. The van der Waals surface area contributed by atoms with Crippen molar-refractivity contribution in [1.29, 1.82) is 0 Å². The molecular weight excluding hydrogens is 749 g/mol. The molecule has 0 heterocycles. The van der Waals surface area contributed by atoms with Gasteiger partial charge in [-0.15, -0.1) is 0 Å². The summed E-state index contributed by atoms with van der Waals surface area (Å²) in [5, 5.41) is 0. The van der Waals surface area contributed by atoms with Gasteiger partial charge in [0.15, 0.2) is 0 Å². The van der Waals surface area contributed by atoms with Crippen LogP contribution in [0.15, 0.2) is 194 Å². The number of anilines is 6. The molecule has 0 N–H and O–H groups in total. The third-order valence-corrected chi connectivity index (χ3v) is 11.7. The highest BCUT2D eigenvalue weighted by molar-refractivity contribution is 5.81. The number of hydrogen-bond donors (Lipinski definition) is 0.